The van der Waals surface area contributed by atoms with Crippen LogP contribution in [0.4, 0.5) is 5.69 Å². The van der Waals surface area contributed by atoms with E-state index in [1.54, 1.807) is 6.92 Å². The standard InChI is InChI=1S/C12H18N4O5/c1-5-12(4,11(18)19)13-9(17)6-15-8(3)10(16(20)21)7(2)14-15/h5-6H2,1-4H3,(H,13,17)(H,18,19). The summed E-state index contributed by atoms with van der Waals surface area (Å²) < 4.78 is 1.20. The van der Waals surface area contributed by atoms with Crippen molar-refractivity contribution in [3.05, 3.63) is 21.5 Å². The largest absolute Gasteiger partial charge is 0.480 e. The summed E-state index contributed by atoms with van der Waals surface area (Å²) in [5.41, 5.74) is -1.05. The number of rotatable bonds is 6. The van der Waals surface area contributed by atoms with Crippen LogP contribution in [0.15, 0.2) is 0 Å². The lowest BCUT2D eigenvalue weighted by molar-refractivity contribution is -0.386. The molecular formula is C12H18N4O5. The molecule has 0 saturated carbocycles. The van der Waals surface area contributed by atoms with Crippen LogP contribution in [0.25, 0.3) is 0 Å². The molecule has 9 nitrogen and oxygen atoms in total. The summed E-state index contributed by atoms with van der Waals surface area (Å²) in [6.45, 7) is 5.73. The van der Waals surface area contributed by atoms with Gasteiger partial charge >= 0.3 is 11.7 Å². The second-order valence-corrected chi connectivity index (χ2v) is 4.97. The summed E-state index contributed by atoms with van der Waals surface area (Å²) in [4.78, 5) is 33.4. The molecule has 0 saturated heterocycles. The number of carbonyl (C=O) groups excluding carboxylic acids is 1. The SMILES string of the molecule is CCC(C)(NC(=O)Cn1nc(C)c([N+](=O)[O-])c1C)C(=O)O. The number of aromatic nitrogens is 2. The molecule has 0 aliphatic heterocycles. The Hall–Kier alpha value is -2.45. The van der Waals surface area contributed by atoms with Gasteiger partial charge in [0.15, 0.2) is 0 Å². The van der Waals surface area contributed by atoms with Gasteiger partial charge in [0.2, 0.25) is 5.91 Å². The minimum absolute atomic E-state index is 0.140. The van der Waals surface area contributed by atoms with Gasteiger partial charge in [-0.2, -0.15) is 5.10 Å². The lowest BCUT2D eigenvalue weighted by Crippen LogP contribution is -2.52. The van der Waals surface area contributed by atoms with E-state index in [1.165, 1.54) is 25.5 Å². The molecule has 0 bridgehead atoms. The topological polar surface area (TPSA) is 127 Å². The number of hydrogen-bond acceptors (Lipinski definition) is 5. The van der Waals surface area contributed by atoms with Crippen LogP contribution < -0.4 is 5.32 Å². The second kappa shape index (κ2) is 5.90. The molecule has 1 unspecified atom stereocenters. The molecule has 1 amide bonds. The van der Waals surface area contributed by atoms with E-state index in [1.807, 2.05) is 0 Å². The minimum atomic E-state index is -1.38. The highest BCUT2D eigenvalue weighted by atomic mass is 16.6. The molecule has 0 aliphatic rings. The van der Waals surface area contributed by atoms with E-state index >= 15 is 0 Å². The molecule has 116 valence electrons. The average Bonchev–Trinajstić information content (AvgIpc) is 2.63. The highest BCUT2D eigenvalue weighted by Crippen LogP contribution is 2.21. The first-order valence-electron chi connectivity index (χ1n) is 6.35. The Morgan fingerprint density at radius 1 is 1.48 bits per heavy atom. The number of amides is 1. The summed E-state index contributed by atoms with van der Waals surface area (Å²) in [7, 11) is 0. The lowest BCUT2D eigenvalue weighted by atomic mass is 9.99. The predicted octanol–water partition coefficient (Wildman–Crippen LogP) is 0.778. The Labute approximate surface area is 121 Å². The van der Waals surface area contributed by atoms with Crippen LogP contribution in [0.1, 0.15) is 31.7 Å². The number of nitro groups is 1. The third-order valence-electron chi connectivity index (χ3n) is 3.41. The monoisotopic (exact) mass is 298 g/mol. The third-order valence-corrected chi connectivity index (χ3v) is 3.41. The fraction of sp³-hybridized carbons (Fsp3) is 0.583. The van der Waals surface area contributed by atoms with Gasteiger partial charge in [0.25, 0.3) is 0 Å². The summed E-state index contributed by atoms with van der Waals surface area (Å²) in [5, 5.41) is 26.3. The van der Waals surface area contributed by atoms with Crippen molar-refractivity contribution < 1.29 is 19.6 Å². The average molecular weight is 298 g/mol. The normalized spacial score (nSPS) is 13.5. The number of carboxylic acid groups (broad SMARTS) is 1. The van der Waals surface area contributed by atoms with Crippen molar-refractivity contribution in [1.29, 1.82) is 0 Å². The number of carbonyl (C=O) groups is 2. The van der Waals surface area contributed by atoms with Gasteiger partial charge in [-0.1, -0.05) is 6.92 Å². The summed E-state index contributed by atoms with van der Waals surface area (Å²) in [6.07, 6.45) is 0.214. The van der Waals surface area contributed by atoms with E-state index in [0.717, 1.165) is 0 Å². The molecular weight excluding hydrogens is 280 g/mol. The molecule has 0 fully saturated rings. The Balaban J connectivity index is 2.93. The van der Waals surface area contributed by atoms with Crippen LogP contribution in [0.5, 0.6) is 0 Å². The number of hydrogen-bond donors (Lipinski definition) is 2. The third kappa shape index (κ3) is 3.36. The van der Waals surface area contributed by atoms with E-state index in [0.29, 0.717) is 0 Å². The molecule has 0 aromatic carbocycles. The van der Waals surface area contributed by atoms with E-state index in [4.69, 9.17) is 5.11 Å². The molecule has 0 spiro atoms. The van der Waals surface area contributed by atoms with Crippen LogP contribution in [-0.4, -0.2) is 37.2 Å². The maximum Gasteiger partial charge on any atom is 0.329 e. The van der Waals surface area contributed by atoms with Crippen molar-refractivity contribution in [2.24, 2.45) is 0 Å². The number of nitrogens with one attached hydrogen (secondary N) is 1. The molecule has 1 aromatic rings. The fourth-order valence-electron chi connectivity index (χ4n) is 1.88. The van der Waals surface area contributed by atoms with Crippen molar-refractivity contribution in [2.75, 3.05) is 0 Å². The second-order valence-electron chi connectivity index (χ2n) is 4.97. The van der Waals surface area contributed by atoms with Gasteiger partial charge in [0.05, 0.1) is 4.92 Å². The van der Waals surface area contributed by atoms with Crippen LogP contribution in [-0.2, 0) is 16.1 Å². The Kier molecular flexibility index (Phi) is 4.66. The minimum Gasteiger partial charge on any atom is -0.480 e. The highest BCUT2D eigenvalue weighted by Gasteiger charge is 2.33. The van der Waals surface area contributed by atoms with Crippen molar-refractivity contribution in [3.63, 3.8) is 0 Å². The Bertz CT molecular complexity index is 595. The van der Waals surface area contributed by atoms with Crippen molar-refractivity contribution in [1.82, 2.24) is 15.1 Å². The molecule has 1 heterocycles. The zero-order valence-corrected chi connectivity index (χ0v) is 12.3. The maximum absolute atomic E-state index is 11.9. The zero-order valence-electron chi connectivity index (χ0n) is 12.3. The van der Waals surface area contributed by atoms with E-state index in [-0.39, 0.29) is 30.0 Å². The number of nitrogens with zero attached hydrogens (tertiary/aromatic N) is 3. The van der Waals surface area contributed by atoms with Crippen LogP contribution in [0.3, 0.4) is 0 Å². The van der Waals surface area contributed by atoms with Crippen LogP contribution >= 0.6 is 0 Å². The lowest BCUT2D eigenvalue weighted by Gasteiger charge is -2.24. The van der Waals surface area contributed by atoms with Crippen LogP contribution in [0.2, 0.25) is 0 Å². The zero-order chi connectivity index (χ0) is 16.4. The maximum atomic E-state index is 11.9. The first-order chi connectivity index (χ1) is 9.62. The quantitative estimate of drug-likeness (QED) is 0.590. The molecule has 1 rings (SSSR count). The van der Waals surface area contributed by atoms with Gasteiger partial charge in [0.1, 0.15) is 23.5 Å². The van der Waals surface area contributed by atoms with E-state index in [2.05, 4.69) is 10.4 Å². The molecule has 2 N–H and O–H groups in total. The molecule has 21 heavy (non-hydrogen) atoms. The first-order valence-corrected chi connectivity index (χ1v) is 6.35. The van der Waals surface area contributed by atoms with E-state index in [9.17, 15) is 19.7 Å². The molecule has 0 radical (unpaired) electrons. The molecule has 1 atom stereocenters. The van der Waals surface area contributed by atoms with Gasteiger partial charge in [-0.05, 0) is 27.2 Å². The first kappa shape index (κ1) is 16.6. The van der Waals surface area contributed by atoms with Gasteiger partial charge in [-0.25, -0.2) is 4.79 Å². The predicted molar refractivity (Wildman–Crippen MR) is 72.8 cm³/mol. The van der Waals surface area contributed by atoms with Gasteiger partial charge < -0.3 is 10.4 Å². The van der Waals surface area contributed by atoms with Crippen LogP contribution in [0, 0.1) is 24.0 Å². The molecule has 9 heteroatoms. The number of aryl methyl sites for hydroxylation is 1. The van der Waals surface area contributed by atoms with Crippen molar-refractivity contribution in [3.8, 4) is 0 Å². The van der Waals surface area contributed by atoms with Gasteiger partial charge in [-0.15, -0.1) is 0 Å². The highest BCUT2D eigenvalue weighted by molar-refractivity contribution is 5.86. The van der Waals surface area contributed by atoms with Crippen molar-refractivity contribution in [2.45, 2.75) is 46.2 Å². The van der Waals surface area contributed by atoms with E-state index < -0.39 is 22.3 Å². The number of aliphatic carboxylic acids is 1. The molecule has 1 aromatic heterocycles. The summed E-state index contributed by atoms with van der Waals surface area (Å²) in [5.74, 6) is -1.71. The Morgan fingerprint density at radius 3 is 2.43 bits per heavy atom. The fourth-order valence-corrected chi connectivity index (χ4v) is 1.88. The number of carboxylic acids is 1. The van der Waals surface area contributed by atoms with Crippen molar-refractivity contribution >= 4 is 17.6 Å². The molecule has 0 aliphatic carbocycles. The summed E-state index contributed by atoms with van der Waals surface area (Å²) >= 11 is 0. The summed E-state index contributed by atoms with van der Waals surface area (Å²) in [6, 6.07) is 0. The van der Waals surface area contributed by atoms with Gasteiger partial charge in [0, 0.05) is 0 Å². The van der Waals surface area contributed by atoms with Gasteiger partial charge in [-0.3, -0.25) is 19.6 Å². The smallest absolute Gasteiger partial charge is 0.329 e. The Morgan fingerprint density at radius 2 is 2.05 bits per heavy atom.